The molecule has 1 aliphatic heterocycles. The molecule has 7 heteroatoms. The molecule has 0 atom stereocenters. The number of nitrogens with two attached hydrogens (primary N) is 1. The van der Waals surface area contributed by atoms with E-state index in [0.29, 0.717) is 37.4 Å². The number of piperazine rings is 1. The minimum atomic E-state index is -0.576. The molecule has 0 saturated carbocycles. The number of carbonyl (C=O) groups excluding carboxylic acids is 3. The van der Waals surface area contributed by atoms with Crippen molar-refractivity contribution in [2.75, 3.05) is 36.4 Å². The lowest BCUT2D eigenvalue weighted by Crippen LogP contribution is -2.48. The Hall–Kier alpha value is -3.35. The van der Waals surface area contributed by atoms with Crippen LogP contribution in [0.2, 0.25) is 0 Å². The van der Waals surface area contributed by atoms with Crippen LogP contribution in [0, 0.1) is 0 Å². The number of hydrogen-bond donors (Lipinski definition) is 2. The van der Waals surface area contributed by atoms with Gasteiger partial charge in [-0.2, -0.15) is 0 Å². The second-order valence-electron chi connectivity index (χ2n) is 6.41. The maximum atomic E-state index is 12.6. The van der Waals surface area contributed by atoms with Crippen molar-refractivity contribution in [2.45, 2.75) is 6.92 Å². The molecule has 2 aromatic carbocycles. The Labute approximate surface area is 157 Å². The molecule has 27 heavy (non-hydrogen) atoms. The summed E-state index contributed by atoms with van der Waals surface area (Å²) in [6.45, 7) is 4.27. The second-order valence-corrected chi connectivity index (χ2v) is 6.41. The Kier molecular flexibility index (Phi) is 5.40. The first kappa shape index (κ1) is 18.4. The highest BCUT2D eigenvalue weighted by Gasteiger charge is 2.21. The number of rotatable bonds is 4. The average Bonchev–Trinajstić information content (AvgIpc) is 2.68. The predicted molar refractivity (Wildman–Crippen MR) is 104 cm³/mol. The molecule has 3 N–H and O–H groups in total. The fourth-order valence-electron chi connectivity index (χ4n) is 3.13. The zero-order chi connectivity index (χ0) is 19.4. The lowest BCUT2D eigenvalue weighted by atomic mass is 10.1. The van der Waals surface area contributed by atoms with E-state index in [-0.39, 0.29) is 17.4 Å². The van der Waals surface area contributed by atoms with Crippen LogP contribution in [0.4, 0.5) is 11.4 Å². The number of nitrogens with one attached hydrogen (secondary N) is 1. The Morgan fingerprint density at radius 1 is 0.926 bits per heavy atom. The van der Waals surface area contributed by atoms with Gasteiger partial charge in [-0.3, -0.25) is 14.4 Å². The third-order valence-electron chi connectivity index (χ3n) is 4.63. The van der Waals surface area contributed by atoms with Crippen LogP contribution in [0.1, 0.15) is 27.6 Å². The number of benzene rings is 2. The van der Waals surface area contributed by atoms with Crippen LogP contribution in [-0.4, -0.2) is 48.8 Å². The van der Waals surface area contributed by atoms with Gasteiger partial charge in [0.15, 0.2) is 0 Å². The Morgan fingerprint density at radius 2 is 1.59 bits per heavy atom. The van der Waals surface area contributed by atoms with Crippen molar-refractivity contribution in [1.29, 1.82) is 0 Å². The molecule has 0 unspecified atom stereocenters. The summed E-state index contributed by atoms with van der Waals surface area (Å²) in [4.78, 5) is 39.4. The van der Waals surface area contributed by atoms with Crippen LogP contribution in [-0.2, 0) is 4.79 Å². The molecular weight excluding hydrogens is 344 g/mol. The maximum absolute atomic E-state index is 12.6. The molecule has 0 bridgehead atoms. The van der Waals surface area contributed by atoms with Gasteiger partial charge in [0.05, 0.1) is 11.4 Å². The highest BCUT2D eigenvalue weighted by atomic mass is 16.2. The number of carbonyl (C=O) groups is 3. The van der Waals surface area contributed by atoms with E-state index in [2.05, 4.69) is 10.2 Å². The van der Waals surface area contributed by atoms with Gasteiger partial charge in [0.2, 0.25) is 11.8 Å². The summed E-state index contributed by atoms with van der Waals surface area (Å²) < 4.78 is 0. The smallest absolute Gasteiger partial charge is 0.255 e. The minimum Gasteiger partial charge on any atom is -0.366 e. The van der Waals surface area contributed by atoms with Crippen LogP contribution in [0.5, 0.6) is 0 Å². The second kappa shape index (κ2) is 7.90. The first-order valence-electron chi connectivity index (χ1n) is 8.76. The number of primary amides is 1. The van der Waals surface area contributed by atoms with Gasteiger partial charge in [-0.15, -0.1) is 0 Å². The molecule has 140 valence electrons. The van der Waals surface area contributed by atoms with Crippen molar-refractivity contribution < 1.29 is 14.4 Å². The lowest BCUT2D eigenvalue weighted by Gasteiger charge is -2.36. The van der Waals surface area contributed by atoms with Crippen molar-refractivity contribution in [2.24, 2.45) is 5.73 Å². The third-order valence-corrected chi connectivity index (χ3v) is 4.63. The van der Waals surface area contributed by atoms with E-state index in [0.717, 1.165) is 5.69 Å². The summed E-state index contributed by atoms with van der Waals surface area (Å²) in [5, 5.41) is 2.91. The number of nitrogens with zero attached hydrogens (tertiary/aromatic N) is 2. The summed E-state index contributed by atoms with van der Waals surface area (Å²) >= 11 is 0. The summed E-state index contributed by atoms with van der Waals surface area (Å²) in [6, 6.07) is 13.9. The topological polar surface area (TPSA) is 95.7 Å². The molecule has 1 aliphatic rings. The first-order chi connectivity index (χ1) is 13.0. The Morgan fingerprint density at radius 3 is 2.26 bits per heavy atom. The van der Waals surface area contributed by atoms with Crippen molar-refractivity contribution in [1.82, 2.24) is 4.90 Å². The SMILES string of the molecule is CC(=O)N1CCN(c2ccccc2NC(=O)c2cccc(C(N)=O)c2)CC1. The van der Waals surface area contributed by atoms with Crippen molar-refractivity contribution in [3.63, 3.8) is 0 Å². The number of hydrogen-bond acceptors (Lipinski definition) is 4. The molecule has 0 spiro atoms. The molecule has 1 saturated heterocycles. The molecular formula is C20H22N4O3. The van der Waals surface area contributed by atoms with E-state index in [4.69, 9.17) is 5.73 Å². The molecule has 0 aromatic heterocycles. The molecule has 3 amide bonds. The van der Waals surface area contributed by atoms with Crippen molar-refractivity contribution >= 4 is 29.1 Å². The summed E-state index contributed by atoms with van der Waals surface area (Å²) in [6.07, 6.45) is 0. The highest BCUT2D eigenvalue weighted by molar-refractivity contribution is 6.07. The van der Waals surface area contributed by atoms with Crippen LogP contribution in [0.25, 0.3) is 0 Å². The molecule has 3 rings (SSSR count). The number of anilines is 2. The third kappa shape index (κ3) is 4.25. The lowest BCUT2D eigenvalue weighted by molar-refractivity contribution is -0.129. The molecule has 7 nitrogen and oxygen atoms in total. The van der Waals surface area contributed by atoms with Gasteiger partial charge >= 0.3 is 0 Å². The first-order valence-corrected chi connectivity index (χ1v) is 8.76. The van der Waals surface area contributed by atoms with Crippen LogP contribution in [0.15, 0.2) is 48.5 Å². The van der Waals surface area contributed by atoms with Gasteiger partial charge in [0, 0.05) is 44.2 Å². The van der Waals surface area contributed by atoms with E-state index in [1.54, 1.807) is 25.1 Å². The Balaban J connectivity index is 1.77. The van der Waals surface area contributed by atoms with E-state index in [9.17, 15) is 14.4 Å². The molecule has 2 aromatic rings. The normalized spacial score (nSPS) is 14.0. The van der Waals surface area contributed by atoms with Crippen LogP contribution < -0.4 is 16.0 Å². The van der Waals surface area contributed by atoms with E-state index in [1.165, 1.54) is 6.07 Å². The van der Waals surface area contributed by atoms with Crippen LogP contribution >= 0.6 is 0 Å². The molecule has 1 heterocycles. The molecule has 0 radical (unpaired) electrons. The molecule has 1 fully saturated rings. The van der Waals surface area contributed by atoms with Gasteiger partial charge in [-0.1, -0.05) is 18.2 Å². The van der Waals surface area contributed by atoms with Crippen molar-refractivity contribution in [3.8, 4) is 0 Å². The standard InChI is InChI=1S/C20H22N4O3/c1-14(25)23-9-11-24(12-10-23)18-8-3-2-7-17(18)22-20(27)16-6-4-5-15(13-16)19(21)26/h2-8,13H,9-12H2,1H3,(H2,21,26)(H,22,27). The number of para-hydroxylation sites is 2. The molecule has 0 aliphatic carbocycles. The number of amides is 3. The van der Waals surface area contributed by atoms with Gasteiger partial charge in [-0.25, -0.2) is 0 Å². The Bertz CT molecular complexity index is 873. The zero-order valence-electron chi connectivity index (χ0n) is 15.1. The predicted octanol–water partition coefficient (Wildman–Crippen LogP) is 1.71. The monoisotopic (exact) mass is 366 g/mol. The average molecular weight is 366 g/mol. The van der Waals surface area contributed by atoms with E-state index >= 15 is 0 Å². The van der Waals surface area contributed by atoms with Crippen molar-refractivity contribution in [3.05, 3.63) is 59.7 Å². The van der Waals surface area contributed by atoms with E-state index in [1.807, 2.05) is 29.2 Å². The van der Waals surface area contributed by atoms with E-state index < -0.39 is 5.91 Å². The minimum absolute atomic E-state index is 0.0746. The van der Waals surface area contributed by atoms with Gasteiger partial charge in [0.25, 0.3) is 5.91 Å². The zero-order valence-corrected chi connectivity index (χ0v) is 15.1. The fourth-order valence-corrected chi connectivity index (χ4v) is 3.13. The summed E-state index contributed by atoms with van der Waals surface area (Å²) in [5.41, 5.74) is 7.52. The summed E-state index contributed by atoms with van der Waals surface area (Å²) in [5.74, 6) is -0.813. The maximum Gasteiger partial charge on any atom is 0.255 e. The summed E-state index contributed by atoms with van der Waals surface area (Å²) in [7, 11) is 0. The highest BCUT2D eigenvalue weighted by Crippen LogP contribution is 2.27. The van der Waals surface area contributed by atoms with Gasteiger partial charge in [0.1, 0.15) is 0 Å². The largest absolute Gasteiger partial charge is 0.366 e. The quantitative estimate of drug-likeness (QED) is 0.861. The van der Waals surface area contributed by atoms with Crippen LogP contribution in [0.3, 0.4) is 0 Å². The van der Waals surface area contributed by atoms with Gasteiger partial charge < -0.3 is 20.9 Å². The van der Waals surface area contributed by atoms with Gasteiger partial charge in [-0.05, 0) is 30.3 Å². The fraction of sp³-hybridized carbons (Fsp3) is 0.250.